The first-order valence-corrected chi connectivity index (χ1v) is 8.12. The highest BCUT2D eigenvalue weighted by atomic mass is 16.2. The summed E-state index contributed by atoms with van der Waals surface area (Å²) in [6, 6.07) is -1.18. The first-order chi connectivity index (χ1) is 10.9. The molecule has 128 valence electrons. The molecule has 1 aliphatic heterocycles. The molecule has 1 saturated heterocycles. The van der Waals surface area contributed by atoms with Crippen molar-refractivity contribution >= 4 is 23.9 Å². The Morgan fingerprint density at radius 1 is 1.35 bits per heavy atom. The van der Waals surface area contributed by atoms with Gasteiger partial charge >= 0.3 is 12.1 Å². The molecule has 8 nitrogen and oxygen atoms in total. The molecular formula is C15H24N4O4. The first-order valence-electron chi connectivity index (χ1n) is 8.12. The van der Waals surface area contributed by atoms with Gasteiger partial charge in [0.1, 0.15) is 12.1 Å². The largest absolute Gasteiger partial charge is 0.338 e. The zero-order valence-corrected chi connectivity index (χ0v) is 13.6. The number of hydrogen-bond donors (Lipinski definition) is 3. The minimum atomic E-state index is -0.889. The molecule has 3 N–H and O–H groups in total. The van der Waals surface area contributed by atoms with E-state index in [-0.39, 0.29) is 11.8 Å². The lowest BCUT2D eigenvalue weighted by Gasteiger charge is -2.36. The van der Waals surface area contributed by atoms with Gasteiger partial charge in [-0.25, -0.2) is 9.59 Å². The molecule has 0 unspecified atom stereocenters. The molecule has 1 heterocycles. The summed E-state index contributed by atoms with van der Waals surface area (Å²) < 4.78 is 0. The van der Waals surface area contributed by atoms with Crippen LogP contribution in [0.2, 0.25) is 0 Å². The first kappa shape index (κ1) is 17.2. The molecule has 2 atom stereocenters. The maximum atomic E-state index is 12.7. The van der Waals surface area contributed by atoms with E-state index in [2.05, 4.69) is 16.0 Å². The van der Waals surface area contributed by atoms with Crippen LogP contribution in [-0.2, 0) is 9.59 Å². The van der Waals surface area contributed by atoms with Gasteiger partial charge in [0, 0.05) is 6.54 Å². The third kappa shape index (κ3) is 3.46. The Labute approximate surface area is 135 Å². The highest BCUT2D eigenvalue weighted by Gasteiger charge is 2.55. The monoisotopic (exact) mass is 324 g/mol. The number of rotatable bonds is 4. The van der Waals surface area contributed by atoms with Gasteiger partial charge in [-0.15, -0.1) is 0 Å². The molecule has 2 rings (SSSR count). The maximum absolute atomic E-state index is 12.7. The zero-order chi connectivity index (χ0) is 17.0. The number of nitrogens with one attached hydrogen (secondary N) is 3. The van der Waals surface area contributed by atoms with Gasteiger partial charge in [0.15, 0.2) is 0 Å². The fourth-order valence-electron chi connectivity index (χ4n) is 3.23. The van der Waals surface area contributed by atoms with Gasteiger partial charge in [-0.05, 0) is 25.2 Å². The number of carbonyl (C=O) groups is 4. The van der Waals surface area contributed by atoms with Crippen molar-refractivity contribution in [1.29, 1.82) is 0 Å². The van der Waals surface area contributed by atoms with Crippen LogP contribution in [0.15, 0.2) is 0 Å². The predicted octanol–water partition coefficient (Wildman–Crippen LogP) is 0.723. The average molecular weight is 324 g/mol. The van der Waals surface area contributed by atoms with Crippen LogP contribution >= 0.6 is 0 Å². The number of nitrogens with zero attached hydrogens (tertiary/aromatic N) is 1. The van der Waals surface area contributed by atoms with Crippen molar-refractivity contribution in [2.45, 2.75) is 51.5 Å². The lowest BCUT2D eigenvalue weighted by molar-refractivity contribution is -0.137. The molecule has 2 aliphatic rings. The second kappa shape index (κ2) is 6.97. The van der Waals surface area contributed by atoms with Crippen LogP contribution in [0.4, 0.5) is 9.59 Å². The van der Waals surface area contributed by atoms with E-state index in [4.69, 9.17) is 0 Å². The zero-order valence-electron chi connectivity index (χ0n) is 13.6. The summed E-state index contributed by atoms with van der Waals surface area (Å²) in [4.78, 5) is 49.0. The number of hydrogen-bond acceptors (Lipinski definition) is 4. The topological polar surface area (TPSA) is 108 Å². The Hall–Kier alpha value is -2.12. The van der Waals surface area contributed by atoms with Gasteiger partial charge in [0.05, 0.1) is 0 Å². The van der Waals surface area contributed by atoms with Crippen LogP contribution in [0.5, 0.6) is 0 Å². The quantitative estimate of drug-likeness (QED) is 0.662. The van der Waals surface area contributed by atoms with Gasteiger partial charge in [-0.2, -0.15) is 0 Å². The number of urea groups is 2. The molecule has 2 fully saturated rings. The van der Waals surface area contributed by atoms with E-state index in [1.54, 1.807) is 0 Å². The van der Waals surface area contributed by atoms with Gasteiger partial charge < -0.3 is 10.6 Å². The smallest absolute Gasteiger partial charge is 0.325 e. The molecule has 1 aliphatic carbocycles. The van der Waals surface area contributed by atoms with Gasteiger partial charge in [0.25, 0.3) is 5.91 Å². The fraction of sp³-hybridized carbons (Fsp3) is 0.733. The van der Waals surface area contributed by atoms with Crippen molar-refractivity contribution < 1.29 is 19.2 Å². The predicted molar refractivity (Wildman–Crippen MR) is 82.4 cm³/mol. The Kier molecular flexibility index (Phi) is 5.23. The number of imide groups is 2. The van der Waals surface area contributed by atoms with E-state index >= 15 is 0 Å². The summed E-state index contributed by atoms with van der Waals surface area (Å²) in [5, 5.41) is 7.39. The van der Waals surface area contributed by atoms with E-state index in [1.807, 2.05) is 13.8 Å². The standard InChI is InChI=1S/C15H24N4O4/c1-3-8-16-13(22)17-11(20)9-19-12(21)15(18-14(19)23)7-5-4-6-10(15)2/h10H,3-9H2,1-2H3,(H,18,23)(H2,16,17,20,22)/t10-,15+/m0/s1. The second-order valence-corrected chi connectivity index (χ2v) is 6.24. The van der Waals surface area contributed by atoms with Gasteiger partial charge in [-0.3, -0.25) is 19.8 Å². The van der Waals surface area contributed by atoms with Crippen LogP contribution in [-0.4, -0.2) is 47.4 Å². The molecule has 0 aromatic rings. The van der Waals surface area contributed by atoms with Crippen molar-refractivity contribution in [3.05, 3.63) is 0 Å². The van der Waals surface area contributed by atoms with Crippen molar-refractivity contribution in [2.24, 2.45) is 5.92 Å². The fourth-order valence-corrected chi connectivity index (χ4v) is 3.23. The van der Waals surface area contributed by atoms with Crippen LogP contribution in [0.1, 0.15) is 46.0 Å². The van der Waals surface area contributed by atoms with E-state index < -0.39 is 30.1 Å². The highest BCUT2D eigenvalue weighted by Crippen LogP contribution is 2.38. The molecule has 0 aromatic carbocycles. The minimum absolute atomic E-state index is 0.0358. The van der Waals surface area contributed by atoms with Gasteiger partial charge in [-0.1, -0.05) is 26.7 Å². The maximum Gasteiger partial charge on any atom is 0.325 e. The molecule has 1 spiro atoms. The highest BCUT2D eigenvalue weighted by molar-refractivity contribution is 6.10. The number of carbonyl (C=O) groups excluding carboxylic acids is 4. The molecule has 8 heteroatoms. The summed E-state index contributed by atoms with van der Waals surface area (Å²) in [6.07, 6.45) is 4.11. The lowest BCUT2D eigenvalue weighted by atomic mass is 9.73. The van der Waals surface area contributed by atoms with Crippen LogP contribution in [0.25, 0.3) is 0 Å². The summed E-state index contributed by atoms with van der Waals surface area (Å²) in [5.74, 6) is -1.00. The molecule has 6 amide bonds. The summed E-state index contributed by atoms with van der Waals surface area (Å²) in [6.45, 7) is 3.83. The Morgan fingerprint density at radius 2 is 2.09 bits per heavy atom. The third-order valence-corrected chi connectivity index (χ3v) is 4.59. The summed E-state index contributed by atoms with van der Waals surface area (Å²) in [5.41, 5.74) is -0.889. The average Bonchev–Trinajstić information content (AvgIpc) is 2.73. The number of amides is 6. The van der Waals surface area contributed by atoms with E-state index in [0.29, 0.717) is 13.0 Å². The SMILES string of the molecule is CCCNC(=O)NC(=O)CN1C(=O)N[C@@]2(CCCC[C@@H]2C)C1=O. The molecular weight excluding hydrogens is 300 g/mol. The lowest BCUT2D eigenvalue weighted by Crippen LogP contribution is -2.54. The molecule has 0 bridgehead atoms. The van der Waals surface area contributed by atoms with Gasteiger partial charge in [0.2, 0.25) is 5.91 Å². The molecule has 0 aromatic heterocycles. The molecule has 23 heavy (non-hydrogen) atoms. The molecule has 1 saturated carbocycles. The third-order valence-electron chi connectivity index (χ3n) is 4.59. The van der Waals surface area contributed by atoms with Crippen molar-refractivity contribution in [3.63, 3.8) is 0 Å². The van der Waals surface area contributed by atoms with Crippen molar-refractivity contribution in [3.8, 4) is 0 Å². The summed E-state index contributed by atoms with van der Waals surface area (Å²) >= 11 is 0. The van der Waals surface area contributed by atoms with Crippen LogP contribution in [0.3, 0.4) is 0 Å². The van der Waals surface area contributed by atoms with Crippen molar-refractivity contribution in [1.82, 2.24) is 20.9 Å². The van der Waals surface area contributed by atoms with E-state index in [1.165, 1.54) is 0 Å². The Bertz CT molecular complexity index is 522. The van der Waals surface area contributed by atoms with Crippen molar-refractivity contribution in [2.75, 3.05) is 13.1 Å². The second-order valence-electron chi connectivity index (χ2n) is 6.24. The summed E-state index contributed by atoms with van der Waals surface area (Å²) in [7, 11) is 0. The Balaban J connectivity index is 1.98. The normalized spacial score (nSPS) is 27.0. The molecule has 0 radical (unpaired) electrons. The van der Waals surface area contributed by atoms with E-state index in [9.17, 15) is 19.2 Å². The van der Waals surface area contributed by atoms with Crippen LogP contribution in [0, 0.1) is 5.92 Å². The van der Waals surface area contributed by atoms with E-state index in [0.717, 1.165) is 30.6 Å². The van der Waals surface area contributed by atoms with Crippen LogP contribution < -0.4 is 16.0 Å². The minimum Gasteiger partial charge on any atom is -0.338 e. The Morgan fingerprint density at radius 3 is 2.74 bits per heavy atom.